The lowest BCUT2D eigenvalue weighted by Crippen LogP contribution is -2.38. The highest BCUT2D eigenvalue weighted by atomic mass is 16.5. The third-order valence-electron chi connectivity index (χ3n) is 5.16. The van der Waals surface area contributed by atoms with Gasteiger partial charge in [0.25, 0.3) is 5.88 Å². The van der Waals surface area contributed by atoms with Crippen molar-refractivity contribution in [2.75, 3.05) is 43.6 Å². The summed E-state index contributed by atoms with van der Waals surface area (Å²) in [5, 5.41) is 5.33. The molecule has 9 heteroatoms. The second kappa shape index (κ2) is 7.34. The van der Waals surface area contributed by atoms with Crippen molar-refractivity contribution in [3.63, 3.8) is 0 Å². The van der Waals surface area contributed by atoms with Gasteiger partial charge in [-0.3, -0.25) is 4.68 Å². The molecule has 0 aliphatic carbocycles. The van der Waals surface area contributed by atoms with Crippen LogP contribution in [0, 0.1) is 5.92 Å². The molecule has 4 heterocycles. The Hall–Kier alpha value is -2.97. The highest BCUT2D eigenvalue weighted by molar-refractivity contribution is 5.86. The summed E-state index contributed by atoms with van der Waals surface area (Å²) in [5.74, 6) is 2.92. The van der Waals surface area contributed by atoms with Crippen molar-refractivity contribution in [3.8, 4) is 5.88 Å². The Bertz CT molecular complexity index is 919. The van der Waals surface area contributed by atoms with E-state index in [0.717, 1.165) is 55.1 Å². The van der Waals surface area contributed by atoms with Crippen LogP contribution >= 0.6 is 0 Å². The minimum absolute atomic E-state index is 0.567. The number of nitrogens with zero attached hydrogens (tertiary/aromatic N) is 8. The Kier molecular flexibility index (Phi) is 4.74. The van der Waals surface area contributed by atoms with Crippen molar-refractivity contribution in [1.29, 1.82) is 0 Å². The molecule has 0 N–H and O–H groups in total. The smallest absolute Gasteiger partial charge is 0.257 e. The molecule has 142 valence electrons. The van der Waals surface area contributed by atoms with Crippen LogP contribution in [-0.4, -0.2) is 63.5 Å². The summed E-state index contributed by atoms with van der Waals surface area (Å²) in [7, 11) is 5.57. The highest BCUT2D eigenvalue weighted by Gasteiger charge is 2.24. The van der Waals surface area contributed by atoms with Crippen LogP contribution in [0.3, 0.4) is 0 Å². The lowest BCUT2D eigenvalue weighted by molar-refractivity contribution is 0.386. The lowest BCUT2D eigenvalue weighted by atomic mass is 9.96. The van der Waals surface area contributed by atoms with Crippen LogP contribution in [-0.2, 0) is 7.05 Å². The second-order valence-electron chi connectivity index (χ2n) is 6.90. The molecule has 3 aromatic rings. The van der Waals surface area contributed by atoms with Crippen LogP contribution in [0.1, 0.15) is 12.8 Å². The van der Waals surface area contributed by atoms with E-state index in [-0.39, 0.29) is 0 Å². The van der Waals surface area contributed by atoms with E-state index >= 15 is 0 Å². The molecular formula is C18H24N8O. The summed E-state index contributed by atoms with van der Waals surface area (Å²) < 4.78 is 7.12. The zero-order valence-corrected chi connectivity index (χ0v) is 15.9. The van der Waals surface area contributed by atoms with Crippen molar-refractivity contribution >= 4 is 22.7 Å². The number of fused-ring (bicyclic) bond motifs is 1. The molecule has 3 aromatic heterocycles. The highest BCUT2D eigenvalue weighted by Crippen LogP contribution is 2.29. The Morgan fingerprint density at radius 1 is 1.15 bits per heavy atom. The number of anilines is 2. The summed E-state index contributed by atoms with van der Waals surface area (Å²) in [6, 6.07) is 0. The molecule has 1 aliphatic heterocycles. The van der Waals surface area contributed by atoms with Crippen LogP contribution < -0.4 is 14.5 Å². The van der Waals surface area contributed by atoms with Gasteiger partial charge < -0.3 is 14.5 Å². The fraction of sp³-hybridized carbons (Fsp3) is 0.500. The molecule has 0 bridgehead atoms. The van der Waals surface area contributed by atoms with Crippen molar-refractivity contribution < 1.29 is 4.74 Å². The van der Waals surface area contributed by atoms with E-state index in [1.165, 1.54) is 0 Å². The fourth-order valence-corrected chi connectivity index (χ4v) is 3.73. The Morgan fingerprint density at radius 2 is 1.93 bits per heavy atom. The number of aryl methyl sites for hydroxylation is 1. The first-order chi connectivity index (χ1) is 13.2. The van der Waals surface area contributed by atoms with E-state index in [2.05, 4.69) is 34.8 Å². The third kappa shape index (κ3) is 3.36. The fourth-order valence-electron chi connectivity index (χ4n) is 3.73. The summed E-state index contributed by atoms with van der Waals surface area (Å²) in [6.45, 7) is 2.86. The van der Waals surface area contributed by atoms with Crippen molar-refractivity contribution in [1.82, 2.24) is 29.7 Å². The molecular weight excluding hydrogens is 344 g/mol. The summed E-state index contributed by atoms with van der Waals surface area (Å²) in [6.07, 6.45) is 9.02. The monoisotopic (exact) mass is 368 g/mol. The molecule has 9 nitrogen and oxygen atoms in total. The standard InChI is InChI=1S/C18H24N8O/c1-24(17-18(27-3)20-7-6-19-17)11-13-4-8-26(9-5-13)16-14-10-23-25(2)15(14)21-12-22-16/h6-7,10,12-13H,4-5,8-9,11H2,1-3H3. The maximum atomic E-state index is 5.33. The van der Waals surface area contributed by atoms with Crippen LogP contribution in [0.2, 0.25) is 0 Å². The lowest BCUT2D eigenvalue weighted by Gasteiger charge is -2.35. The summed E-state index contributed by atoms with van der Waals surface area (Å²) >= 11 is 0. The van der Waals surface area contributed by atoms with Gasteiger partial charge in [0.05, 0.1) is 18.7 Å². The van der Waals surface area contributed by atoms with Gasteiger partial charge in [-0.1, -0.05) is 0 Å². The molecule has 27 heavy (non-hydrogen) atoms. The molecule has 0 radical (unpaired) electrons. The van der Waals surface area contributed by atoms with E-state index in [4.69, 9.17) is 4.74 Å². The van der Waals surface area contributed by atoms with Crippen LogP contribution in [0.15, 0.2) is 24.9 Å². The molecule has 0 unspecified atom stereocenters. The van der Waals surface area contributed by atoms with Crippen LogP contribution in [0.5, 0.6) is 5.88 Å². The predicted molar refractivity (Wildman–Crippen MR) is 103 cm³/mol. The first-order valence-electron chi connectivity index (χ1n) is 9.11. The Balaban J connectivity index is 1.41. The number of rotatable bonds is 5. The number of methoxy groups -OCH3 is 1. The molecule has 1 aliphatic rings. The van der Waals surface area contributed by atoms with E-state index < -0.39 is 0 Å². The predicted octanol–water partition coefficient (Wildman–Crippen LogP) is 1.51. The SMILES string of the molecule is COc1nccnc1N(C)CC1CCN(c2ncnc3c2cnn3C)CC1. The van der Waals surface area contributed by atoms with Crippen molar-refractivity contribution in [3.05, 3.63) is 24.9 Å². The maximum Gasteiger partial charge on any atom is 0.257 e. The summed E-state index contributed by atoms with van der Waals surface area (Å²) in [4.78, 5) is 22.0. The van der Waals surface area contributed by atoms with Crippen LogP contribution in [0.4, 0.5) is 11.6 Å². The van der Waals surface area contributed by atoms with Gasteiger partial charge in [0.2, 0.25) is 0 Å². The quantitative estimate of drug-likeness (QED) is 0.670. The third-order valence-corrected chi connectivity index (χ3v) is 5.16. The molecule has 0 atom stereocenters. The molecule has 0 amide bonds. The van der Waals surface area contributed by atoms with Gasteiger partial charge in [-0.2, -0.15) is 5.10 Å². The molecule has 1 fully saturated rings. The topological polar surface area (TPSA) is 85.1 Å². The van der Waals surface area contributed by atoms with Gasteiger partial charge in [0.15, 0.2) is 11.5 Å². The average molecular weight is 368 g/mol. The second-order valence-corrected chi connectivity index (χ2v) is 6.90. The Labute approximate surface area is 158 Å². The Morgan fingerprint density at radius 3 is 2.70 bits per heavy atom. The van der Waals surface area contributed by atoms with Crippen molar-refractivity contribution in [2.24, 2.45) is 13.0 Å². The summed E-state index contributed by atoms with van der Waals surface area (Å²) in [5.41, 5.74) is 0.872. The molecule has 0 aromatic carbocycles. The van der Waals surface area contributed by atoms with E-state index in [0.29, 0.717) is 11.8 Å². The number of ether oxygens (including phenoxy) is 1. The molecule has 0 spiro atoms. The number of hydrogen-bond acceptors (Lipinski definition) is 8. The maximum absolute atomic E-state index is 5.33. The normalized spacial score (nSPS) is 15.3. The van der Waals surface area contributed by atoms with Gasteiger partial charge in [-0.15, -0.1) is 0 Å². The van der Waals surface area contributed by atoms with Gasteiger partial charge >= 0.3 is 0 Å². The van der Waals surface area contributed by atoms with E-state index in [1.54, 1.807) is 30.5 Å². The number of aromatic nitrogens is 6. The van der Waals surface area contributed by atoms with Gasteiger partial charge in [0.1, 0.15) is 12.1 Å². The van der Waals surface area contributed by atoms with Gasteiger partial charge in [0, 0.05) is 46.1 Å². The van der Waals surface area contributed by atoms with Crippen molar-refractivity contribution in [2.45, 2.75) is 12.8 Å². The van der Waals surface area contributed by atoms with Gasteiger partial charge in [-0.05, 0) is 18.8 Å². The minimum Gasteiger partial charge on any atom is -0.478 e. The first-order valence-corrected chi connectivity index (χ1v) is 9.11. The minimum atomic E-state index is 0.567. The molecule has 4 rings (SSSR count). The van der Waals surface area contributed by atoms with Gasteiger partial charge in [-0.25, -0.2) is 19.9 Å². The average Bonchev–Trinajstić information content (AvgIpc) is 3.10. The zero-order chi connectivity index (χ0) is 18.8. The van der Waals surface area contributed by atoms with E-state index in [1.807, 2.05) is 20.3 Å². The first kappa shape index (κ1) is 17.4. The number of hydrogen-bond donors (Lipinski definition) is 0. The largest absolute Gasteiger partial charge is 0.478 e. The zero-order valence-electron chi connectivity index (χ0n) is 15.9. The molecule has 1 saturated heterocycles. The van der Waals surface area contributed by atoms with Crippen LogP contribution in [0.25, 0.3) is 11.0 Å². The molecule has 0 saturated carbocycles. The number of piperidine rings is 1. The van der Waals surface area contributed by atoms with E-state index in [9.17, 15) is 0 Å².